The minimum atomic E-state index is -0.153. The summed E-state index contributed by atoms with van der Waals surface area (Å²) < 4.78 is 1.64. The summed E-state index contributed by atoms with van der Waals surface area (Å²) in [6, 6.07) is 18.8. The van der Waals surface area contributed by atoms with Gasteiger partial charge in [0.15, 0.2) is 0 Å². The van der Waals surface area contributed by atoms with Gasteiger partial charge in [0.25, 0.3) is 5.56 Å². The highest BCUT2D eigenvalue weighted by atomic mass is 32.1. The van der Waals surface area contributed by atoms with Gasteiger partial charge in [0.05, 0.1) is 17.3 Å². The molecule has 0 radical (unpaired) electrons. The van der Waals surface area contributed by atoms with Crippen LogP contribution in [0.15, 0.2) is 77.2 Å². The Morgan fingerprint density at radius 3 is 2.59 bits per heavy atom. The van der Waals surface area contributed by atoms with Crippen LogP contribution >= 0.6 is 11.3 Å². The lowest BCUT2D eigenvalue weighted by molar-refractivity contribution is 1.01. The van der Waals surface area contributed by atoms with E-state index in [4.69, 9.17) is 0 Å². The predicted molar refractivity (Wildman–Crippen MR) is 108 cm³/mol. The first-order valence-electron chi connectivity index (χ1n) is 8.40. The molecule has 4 rings (SSSR count). The first-order valence-corrected chi connectivity index (χ1v) is 9.28. The summed E-state index contributed by atoms with van der Waals surface area (Å²) in [7, 11) is 0. The van der Waals surface area contributed by atoms with Crippen LogP contribution in [0, 0.1) is 18.3 Å². The Kier molecular flexibility index (Phi) is 4.41. The minimum absolute atomic E-state index is 0.153. The molecular weight excluding hydrogens is 354 g/mol. The fourth-order valence-electron chi connectivity index (χ4n) is 2.97. The van der Waals surface area contributed by atoms with Crippen LogP contribution in [0.3, 0.4) is 0 Å². The zero-order valence-electron chi connectivity index (χ0n) is 14.6. The Morgan fingerprint density at radius 2 is 1.89 bits per heavy atom. The molecule has 0 aliphatic carbocycles. The second-order valence-corrected chi connectivity index (χ2v) is 7.04. The van der Waals surface area contributed by atoms with Crippen molar-refractivity contribution in [1.82, 2.24) is 9.55 Å². The maximum Gasteiger partial charge on any atom is 0.263 e. The number of pyridine rings is 2. The van der Waals surface area contributed by atoms with Gasteiger partial charge in [0.1, 0.15) is 5.00 Å². The van der Waals surface area contributed by atoms with E-state index < -0.39 is 0 Å². The summed E-state index contributed by atoms with van der Waals surface area (Å²) in [6.07, 6.45) is 3.54. The molecule has 1 aromatic carbocycles. The third-order valence-corrected chi connectivity index (χ3v) is 5.32. The van der Waals surface area contributed by atoms with Gasteiger partial charge in [-0.2, -0.15) is 5.26 Å². The van der Waals surface area contributed by atoms with Gasteiger partial charge < -0.3 is 0 Å². The van der Waals surface area contributed by atoms with Crippen molar-refractivity contribution in [1.29, 1.82) is 5.26 Å². The molecule has 0 bridgehead atoms. The molecule has 0 fully saturated rings. The first kappa shape index (κ1) is 17.0. The van der Waals surface area contributed by atoms with Crippen molar-refractivity contribution in [3.05, 3.63) is 93.9 Å². The SMILES string of the molecule is Cc1csc(-n2cc(-c3ccccn3)cc(-c3ccccc3C#N)c2=O)c1. The lowest BCUT2D eigenvalue weighted by atomic mass is 9.99. The van der Waals surface area contributed by atoms with E-state index >= 15 is 0 Å². The van der Waals surface area contributed by atoms with E-state index in [1.165, 1.54) is 11.3 Å². The van der Waals surface area contributed by atoms with Crippen molar-refractivity contribution < 1.29 is 0 Å². The van der Waals surface area contributed by atoms with E-state index in [1.54, 1.807) is 22.9 Å². The summed E-state index contributed by atoms with van der Waals surface area (Å²) in [6.45, 7) is 2.00. The zero-order chi connectivity index (χ0) is 18.8. The van der Waals surface area contributed by atoms with Gasteiger partial charge in [-0.25, -0.2) is 0 Å². The van der Waals surface area contributed by atoms with Crippen LogP contribution in [0.5, 0.6) is 0 Å². The molecule has 0 amide bonds. The average Bonchev–Trinajstić information content (AvgIpc) is 3.15. The Bertz CT molecular complexity index is 1220. The van der Waals surface area contributed by atoms with Crippen molar-refractivity contribution in [2.75, 3.05) is 0 Å². The molecule has 3 aromatic heterocycles. The van der Waals surface area contributed by atoms with Crippen LogP contribution in [0.2, 0.25) is 0 Å². The highest BCUT2D eigenvalue weighted by Crippen LogP contribution is 2.27. The van der Waals surface area contributed by atoms with Crippen LogP contribution in [-0.4, -0.2) is 9.55 Å². The highest BCUT2D eigenvalue weighted by Gasteiger charge is 2.15. The van der Waals surface area contributed by atoms with Gasteiger partial charge in [-0.05, 0) is 48.2 Å². The number of thiophene rings is 1. The van der Waals surface area contributed by atoms with E-state index in [2.05, 4.69) is 11.1 Å². The monoisotopic (exact) mass is 369 g/mol. The number of hydrogen-bond acceptors (Lipinski definition) is 4. The standard InChI is InChI=1S/C22H15N3OS/c1-15-10-21(27-14-15)25-13-17(20-8-4-5-9-24-20)11-19(22(25)26)18-7-3-2-6-16(18)12-23/h2-11,13-14H,1H3. The molecule has 4 nitrogen and oxygen atoms in total. The number of nitrogens with zero attached hydrogens (tertiary/aromatic N) is 3. The average molecular weight is 369 g/mol. The van der Waals surface area contributed by atoms with Gasteiger partial charge in [-0.3, -0.25) is 14.3 Å². The topological polar surface area (TPSA) is 58.7 Å². The molecule has 0 saturated heterocycles. The quantitative estimate of drug-likeness (QED) is 0.521. The van der Waals surface area contributed by atoms with Crippen molar-refractivity contribution in [3.8, 4) is 33.5 Å². The number of aromatic nitrogens is 2. The molecule has 3 heterocycles. The second-order valence-electron chi connectivity index (χ2n) is 6.15. The van der Waals surface area contributed by atoms with Crippen LogP contribution in [-0.2, 0) is 0 Å². The van der Waals surface area contributed by atoms with Crippen molar-refractivity contribution >= 4 is 11.3 Å². The van der Waals surface area contributed by atoms with E-state index in [0.717, 1.165) is 21.8 Å². The third-order valence-electron chi connectivity index (χ3n) is 4.27. The Morgan fingerprint density at radius 1 is 1.07 bits per heavy atom. The lowest BCUT2D eigenvalue weighted by Gasteiger charge is -2.11. The van der Waals surface area contributed by atoms with E-state index in [1.807, 2.05) is 61.0 Å². The van der Waals surface area contributed by atoms with Crippen molar-refractivity contribution in [2.45, 2.75) is 6.92 Å². The maximum absolute atomic E-state index is 13.3. The first-order chi connectivity index (χ1) is 13.2. The normalized spacial score (nSPS) is 10.5. The van der Waals surface area contributed by atoms with E-state index in [-0.39, 0.29) is 5.56 Å². The molecule has 0 spiro atoms. The number of hydrogen-bond donors (Lipinski definition) is 0. The molecule has 0 atom stereocenters. The molecular formula is C22H15N3OS. The molecule has 0 N–H and O–H groups in total. The molecule has 27 heavy (non-hydrogen) atoms. The molecule has 0 aliphatic rings. The molecule has 5 heteroatoms. The fraction of sp³-hybridized carbons (Fsp3) is 0.0455. The zero-order valence-corrected chi connectivity index (χ0v) is 15.4. The van der Waals surface area contributed by atoms with Crippen LogP contribution in [0.25, 0.3) is 27.4 Å². The summed E-state index contributed by atoms with van der Waals surface area (Å²) in [5.41, 5.74) is 4.13. The predicted octanol–water partition coefficient (Wildman–Crippen LogP) is 4.81. The second kappa shape index (κ2) is 7.02. The fourth-order valence-corrected chi connectivity index (χ4v) is 3.85. The summed E-state index contributed by atoms with van der Waals surface area (Å²) >= 11 is 1.51. The van der Waals surface area contributed by atoms with Crippen LogP contribution < -0.4 is 5.56 Å². The summed E-state index contributed by atoms with van der Waals surface area (Å²) in [5.74, 6) is 0. The Balaban J connectivity index is 2.04. The molecule has 0 aliphatic heterocycles. The highest BCUT2D eigenvalue weighted by molar-refractivity contribution is 7.12. The smallest absolute Gasteiger partial charge is 0.263 e. The number of aryl methyl sites for hydroxylation is 1. The van der Waals surface area contributed by atoms with Crippen LogP contribution in [0.1, 0.15) is 11.1 Å². The number of nitriles is 1. The molecule has 0 saturated carbocycles. The van der Waals surface area contributed by atoms with E-state index in [9.17, 15) is 10.1 Å². The Hall–Kier alpha value is -3.49. The number of rotatable bonds is 3. The van der Waals surface area contributed by atoms with Gasteiger partial charge >= 0.3 is 0 Å². The largest absolute Gasteiger partial charge is 0.274 e. The van der Waals surface area contributed by atoms with Crippen LogP contribution in [0.4, 0.5) is 0 Å². The van der Waals surface area contributed by atoms with Gasteiger partial charge in [0.2, 0.25) is 0 Å². The molecule has 130 valence electrons. The lowest BCUT2D eigenvalue weighted by Crippen LogP contribution is -2.19. The van der Waals surface area contributed by atoms with Crippen molar-refractivity contribution in [2.24, 2.45) is 0 Å². The van der Waals surface area contributed by atoms with Gasteiger partial charge in [-0.15, -0.1) is 11.3 Å². The Labute approximate surface area is 160 Å². The maximum atomic E-state index is 13.3. The number of benzene rings is 1. The minimum Gasteiger partial charge on any atom is -0.274 e. The van der Waals surface area contributed by atoms with Gasteiger partial charge in [-0.1, -0.05) is 24.3 Å². The summed E-state index contributed by atoms with van der Waals surface area (Å²) in [5, 5.41) is 12.3. The summed E-state index contributed by atoms with van der Waals surface area (Å²) in [4.78, 5) is 17.7. The third kappa shape index (κ3) is 3.19. The van der Waals surface area contributed by atoms with E-state index in [0.29, 0.717) is 16.7 Å². The molecule has 0 unspecified atom stereocenters. The van der Waals surface area contributed by atoms with Gasteiger partial charge in [0, 0.05) is 29.1 Å². The molecule has 4 aromatic rings. The van der Waals surface area contributed by atoms with Crippen molar-refractivity contribution in [3.63, 3.8) is 0 Å².